The number of hydrogen-bond donors (Lipinski definition) is 1. The van der Waals surface area contributed by atoms with Crippen LogP contribution in [0.3, 0.4) is 0 Å². The Morgan fingerprint density at radius 2 is 2.29 bits per heavy atom. The Morgan fingerprint density at radius 3 is 3.08 bits per heavy atom. The number of nitrogens with zero attached hydrogens (tertiary/aromatic N) is 2. The van der Waals surface area contributed by atoms with Crippen LogP contribution < -0.4 is 5.32 Å². The molecule has 2 aromatic heterocycles. The highest BCUT2D eigenvalue weighted by Crippen LogP contribution is 2.47. The van der Waals surface area contributed by atoms with Crippen molar-refractivity contribution < 1.29 is 9.21 Å². The van der Waals surface area contributed by atoms with E-state index in [1.807, 2.05) is 13.0 Å². The summed E-state index contributed by atoms with van der Waals surface area (Å²) < 4.78 is 8.04. The lowest BCUT2D eigenvalue weighted by molar-refractivity contribution is -0.122. The van der Waals surface area contributed by atoms with Gasteiger partial charge in [-0.15, -0.1) is 0 Å². The molecule has 5 nitrogen and oxygen atoms in total. The molecule has 1 amide bonds. The van der Waals surface area contributed by atoms with Gasteiger partial charge in [-0.2, -0.15) is 0 Å². The first-order valence-electron chi connectivity index (χ1n) is 8.99. The lowest BCUT2D eigenvalue weighted by atomic mass is 10.1. The molecule has 2 aliphatic rings. The van der Waals surface area contributed by atoms with Crippen molar-refractivity contribution in [3.63, 3.8) is 0 Å². The number of aromatic nitrogens is 2. The fourth-order valence-corrected chi connectivity index (χ4v) is 3.69. The summed E-state index contributed by atoms with van der Waals surface area (Å²) in [5, 5.41) is 3.16. The molecule has 0 radical (unpaired) electrons. The van der Waals surface area contributed by atoms with Gasteiger partial charge in [-0.1, -0.05) is 6.92 Å². The number of carbonyl (C=O) groups is 1. The molecule has 2 aromatic rings. The van der Waals surface area contributed by atoms with E-state index >= 15 is 0 Å². The monoisotopic (exact) mass is 327 g/mol. The van der Waals surface area contributed by atoms with Gasteiger partial charge in [-0.3, -0.25) is 4.79 Å². The van der Waals surface area contributed by atoms with Crippen LogP contribution in [0.5, 0.6) is 0 Å². The van der Waals surface area contributed by atoms with Gasteiger partial charge >= 0.3 is 0 Å². The van der Waals surface area contributed by atoms with Gasteiger partial charge in [0.15, 0.2) is 0 Å². The molecular formula is C19H25N3O2. The van der Waals surface area contributed by atoms with E-state index in [2.05, 4.69) is 34.1 Å². The third kappa shape index (κ3) is 3.25. The van der Waals surface area contributed by atoms with Crippen molar-refractivity contribution in [2.75, 3.05) is 0 Å². The largest absolute Gasteiger partial charge is 0.466 e. The van der Waals surface area contributed by atoms with Crippen LogP contribution in [0.4, 0.5) is 0 Å². The molecule has 1 fully saturated rings. The maximum Gasteiger partial charge on any atom is 0.220 e. The fourth-order valence-electron chi connectivity index (χ4n) is 3.69. The van der Waals surface area contributed by atoms with E-state index in [0.717, 1.165) is 48.3 Å². The molecule has 1 aliphatic heterocycles. The molecule has 5 heteroatoms. The predicted molar refractivity (Wildman–Crippen MR) is 90.8 cm³/mol. The number of hydrogen-bond acceptors (Lipinski definition) is 3. The molecule has 0 aromatic carbocycles. The van der Waals surface area contributed by atoms with Crippen molar-refractivity contribution in [1.82, 2.24) is 14.9 Å². The average molecular weight is 327 g/mol. The van der Waals surface area contributed by atoms with E-state index in [9.17, 15) is 4.79 Å². The number of aryl methyl sites for hydroxylation is 3. The molecule has 0 spiro atoms. The number of fused-ring (bicyclic) bond motifs is 1. The number of imidazole rings is 1. The van der Waals surface area contributed by atoms with Crippen LogP contribution >= 0.6 is 0 Å². The second-order valence-corrected chi connectivity index (χ2v) is 7.38. The zero-order chi connectivity index (χ0) is 16.7. The highest BCUT2D eigenvalue weighted by atomic mass is 16.3. The first-order valence-corrected chi connectivity index (χ1v) is 8.99. The van der Waals surface area contributed by atoms with Gasteiger partial charge in [0, 0.05) is 44.0 Å². The SMILES string of the molecule is Cc1cn2c(n1)CC[C@H](NC(=O)CCc1ccc([C@H]3C[C@H]3C)o1)C2. The van der Waals surface area contributed by atoms with Gasteiger partial charge in [0.1, 0.15) is 17.3 Å². The molecule has 1 aliphatic carbocycles. The highest BCUT2D eigenvalue weighted by molar-refractivity contribution is 5.76. The van der Waals surface area contributed by atoms with Crippen molar-refractivity contribution in [2.24, 2.45) is 5.92 Å². The Kier molecular flexibility index (Phi) is 3.94. The molecule has 4 rings (SSSR count). The number of amides is 1. The number of carbonyl (C=O) groups excluding carboxylic acids is 1. The van der Waals surface area contributed by atoms with Crippen LogP contribution in [0.2, 0.25) is 0 Å². The minimum Gasteiger partial charge on any atom is -0.466 e. The first kappa shape index (κ1) is 15.5. The van der Waals surface area contributed by atoms with Crippen molar-refractivity contribution in [3.05, 3.63) is 41.4 Å². The lowest BCUT2D eigenvalue weighted by Crippen LogP contribution is -2.40. The van der Waals surface area contributed by atoms with Crippen molar-refractivity contribution in [1.29, 1.82) is 0 Å². The number of rotatable bonds is 5. The topological polar surface area (TPSA) is 60.1 Å². The summed E-state index contributed by atoms with van der Waals surface area (Å²) in [4.78, 5) is 16.7. The molecule has 0 saturated heterocycles. The van der Waals surface area contributed by atoms with E-state index in [-0.39, 0.29) is 11.9 Å². The molecule has 128 valence electrons. The molecule has 1 saturated carbocycles. The van der Waals surface area contributed by atoms with Gasteiger partial charge in [-0.25, -0.2) is 4.98 Å². The molecule has 3 atom stereocenters. The summed E-state index contributed by atoms with van der Waals surface area (Å²) in [6.07, 6.45) is 6.35. The Morgan fingerprint density at radius 1 is 1.46 bits per heavy atom. The third-order valence-electron chi connectivity index (χ3n) is 5.23. The average Bonchev–Trinajstić information content (AvgIpc) is 2.97. The van der Waals surface area contributed by atoms with Gasteiger partial charge < -0.3 is 14.3 Å². The van der Waals surface area contributed by atoms with Crippen molar-refractivity contribution >= 4 is 5.91 Å². The smallest absolute Gasteiger partial charge is 0.220 e. The van der Waals surface area contributed by atoms with Crippen LogP contribution in [0.25, 0.3) is 0 Å². The Bertz CT molecular complexity index is 746. The normalized spacial score (nSPS) is 25.3. The summed E-state index contributed by atoms with van der Waals surface area (Å²) in [6, 6.07) is 4.30. The fraction of sp³-hybridized carbons (Fsp3) is 0.579. The zero-order valence-electron chi connectivity index (χ0n) is 14.4. The second kappa shape index (κ2) is 6.11. The first-order chi connectivity index (χ1) is 11.6. The molecule has 0 unspecified atom stereocenters. The third-order valence-corrected chi connectivity index (χ3v) is 5.23. The van der Waals surface area contributed by atoms with Gasteiger partial charge in [0.25, 0.3) is 0 Å². The quantitative estimate of drug-likeness (QED) is 0.918. The van der Waals surface area contributed by atoms with E-state index in [4.69, 9.17) is 4.42 Å². The number of nitrogens with one attached hydrogen (secondary N) is 1. The second-order valence-electron chi connectivity index (χ2n) is 7.38. The van der Waals surface area contributed by atoms with E-state index in [1.54, 1.807) is 0 Å². The summed E-state index contributed by atoms with van der Waals surface area (Å²) >= 11 is 0. The maximum atomic E-state index is 12.2. The van der Waals surface area contributed by atoms with Crippen molar-refractivity contribution in [2.45, 2.75) is 64.5 Å². The summed E-state index contributed by atoms with van der Waals surface area (Å²) in [5.41, 5.74) is 1.05. The van der Waals surface area contributed by atoms with E-state index < -0.39 is 0 Å². The zero-order valence-corrected chi connectivity index (χ0v) is 14.4. The standard InChI is InChI=1S/C19H25N3O2/c1-12-9-16(12)17-6-4-15(24-17)5-8-19(23)21-14-3-7-18-20-13(2)10-22(18)11-14/h4,6,10,12,14,16H,3,5,7-9,11H2,1-2H3,(H,21,23)/t12-,14+,16+/m1/s1. The Labute approximate surface area is 142 Å². The van der Waals surface area contributed by atoms with Crippen LogP contribution in [-0.4, -0.2) is 21.5 Å². The van der Waals surface area contributed by atoms with Crippen LogP contribution in [0.15, 0.2) is 22.7 Å². The highest BCUT2D eigenvalue weighted by Gasteiger charge is 2.36. The number of furan rings is 1. The minimum absolute atomic E-state index is 0.109. The van der Waals surface area contributed by atoms with Gasteiger partial charge in [0.2, 0.25) is 5.91 Å². The van der Waals surface area contributed by atoms with E-state index in [1.165, 1.54) is 6.42 Å². The summed E-state index contributed by atoms with van der Waals surface area (Å²) in [5.74, 6) is 4.61. The Balaban J connectivity index is 1.26. The predicted octanol–water partition coefficient (Wildman–Crippen LogP) is 2.97. The van der Waals surface area contributed by atoms with Gasteiger partial charge in [-0.05, 0) is 37.8 Å². The van der Waals surface area contributed by atoms with Gasteiger partial charge in [0.05, 0.1) is 5.69 Å². The minimum atomic E-state index is 0.109. The molecule has 24 heavy (non-hydrogen) atoms. The summed E-state index contributed by atoms with van der Waals surface area (Å²) in [6.45, 7) is 5.09. The molecule has 3 heterocycles. The van der Waals surface area contributed by atoms with Crippen LogP contribution in [0, 0.1) is 12.8 Å². The maximum absolute atomic E-state index is 12.2. The molecular weight excluding hydrogens is 302 g/mol. The Hall–Kier alpha value is -2.04. The molecule has 1 N–H and O–H groups in total. The van der Waals surface area contributed by atoms with Crippen LogP contribution in [-0.2, 0) is 24.2 Å². The van der Waals surface area contributed by atoms with Crippen molar-refractivity contribution in [3.8, 4) is 0 Å². The van der Waals surface area contributed by atoms with E-state index in [0.29, 0.717) is 18.8 Å². The molecule has 0 bridgehead atoms. The van der Waals surface area contributed by atoms with Crippen LogP contribution in [0.1, 0.15) is 55.1 Å². The summed E-state index contributed by atoms with van der Waals surface area (Å²) in [7, 11) is 0. The lowest BCUT2D eigenvalue weighted by Gasteiger charge is -2.24.